The maximum Gasteiger partial charge on any atom is 0.253 e. The third kappa shape index (κ3) is 6.39. The summed E-state index contributed by atoms with van der Waals surface area (Å²) >= 11 is 0. The second kappa shape index (κ2) is 10.9. The number of nitrogens with zero attached hydrogens (tertiary/aromatic N) is 1. The van der Waals surface area contributed by atoms with E-state index in [0.29, 0.717) is 11.3 Å². The van der Waals surface area contributed by atoms with Crippen LogP contribution in [-0.2, 0) is 14.8 Å². The predicted molar refractivity (Wildman–Crippen MR) is 125 cm³/mol. The molecule has 33 heavy (non-hydrogen) atoms. The van der Waals surface area contributed by atoms with Crippen LogP contribution >= 0.6 is 0 Å². The molecule has 2 aromatic carbocycles. The molecule has 1 heterocycles. The van der Waals surface area contributed by atoms with Crippen molar-refractivity contribution in [3.8, 4) is 0 Å². The minimum absolute atomic E-state index is 0.0347. The zero-order valence-electron chi connectivity index (χ0n) is 18.9. The third-order valence-corrected chi connectivity index (χ3v) is 7.12. The van der Waals surface area contributed by atoms with E-state index in [0.717, 1.165) is 50.9 Å². The Kier molecular flexibility index (Phi) is 8.20. The lowest BCUT2D eigenvalue weighted by molar-refractivity contribution is -0.118. The van der Waals surface area contributed by atoms with Gasteiger partial charge in [0.25, 0.3) is 5.91 Å². The van der Waals surface area contributed by atoms with Crippen molar-refractivity contribution in [3.05, 3.63) is 59.9 Å². The number of hydrogen-bond donors (Lipinski definition) is 2. The fourth-order valence-corrected chi connectivity index (χ4v) is 5.18. The number of carbonyl (C=O) groups is 2. The number of carbonyl (C=O) groups excluding carboxylic acids is 2. The molecular formula is C24H30FN3O4S. The van der Waals surface area contributed by atoms with E-state index in [1.165, 1.54) is 12.1 Å². The highest BCUT2D eigenvalue weighted by molar-refractivity contribution is 7.89. The average molecular weight is 476 g/mol. The highest BCUT2D eigenvalue weighted by Gasteiger charge is 2.30. The molecule has 1 saturated heterocycles. The quantitative estimate of drug-likeness (QED) is 0.637. The second-order valence-corrected chi connectivity index (χ2v) is 10.2. The molecule has 0 spiro atoms. The zero-order chi connectivity index (χ0) is 24.0. The molecule has 1 aliphatic heterocycles. The van der Waals surface area contributed by atoms with Crippen LogP contribution in [0.15, 0.2) is 53.4 Å². The van der Waals surface area contributed by atoms with Crippen LogP contribution in [0, 0.1) is 11.7 Å². The first kappa shape index (κ1) is 24.9. The lowest BCUT2D eigenvalue weighted by atomic mass is 10.0. The molecule has 1 fully saturated rings. The Hall–Kier alpha value is -2.78. The Bertz CT molecular complexity index is 1080. The number of hydrogen-bond acceptors (Lipinski definition) is 4. The molecular weight excluding hydrogens is 445 g/mol. The topological polar surface area (TPSA) is 95.6 Å². The lowest BCUT2D eigenvalue weighted by Gasteiger charge is -2.22. The number of halogens is 1. The molecule has 0 bridgehead atoms. The van der Waals surface area contributed by atoms with Crippen LogP contribution < -0.4 is 10.0 Å². The van der Waals surface area contributed by atoms with Crippen LogP contribution in [0.1, 0.15) is 49.9 Å². The summed E-state index contributed by atoms with van der Waals surface area (Å²) < 4.78 is 41.6. The summed E-state index contributed by atoms with van der Waals surface area (Å²) in [5.74, 6) is -1.89. The van der Waals surface area contributed by atoms with Crippen LogP contribution in [0.25, 0.3) is 0 Å². The van der Waals surface area contributed by atoms with Gasteiger partial charge in [-0.1, -0.05) is 38.8 Å². The summed E-state index contributed by atoms with van der Waals surface area (Å²) in [7, 11) is -4.24. The van der Waals surface area contributed by atoms with Crippen LogP contribution in [0.5, 0.6) is 0 Å². The maximum atomic E-state index is 14.0. The van der Waals surface area contributed by atoms with Gasteiger partial charge in [-0.15, -0.1) is 0 Å². The Morgan fingerprint density at radius 2 is 1.55 bits per heavy atom. The minimum atomic E-state index is -4.24. The number of likely N-dealkylation sites (tertiary alicyclic amines) is 1. The minimum Gasteiger partial charge on any atom is -0.339 e. The lowest BCUT2D eigenvalue weighted by Crippen LogP contribution is -2.47. The number of anilines is 1. The van der Waals surface area contributed by atoms with E-state index >= 15 is 0 Å². The van der Waals surface area contributed by atoms with Gasteiger partial charge in [-0.2, -0.15) is 4.72 Å². The molecule has 2 N–H and O–H groups in total. The second-order valence-electron chi connectivity index (χ2n) is 8.55. The van der Waals surface area contributed by atoms with E-state index in [1.807, 2.05) is 4.90 Å². The van der Waals surface area contributed by atoms with E-state index in [4.69, 9.17) is 0 Å². The van der Waals surface area contributed by atoms with E-state index in [9.17, 15) is 22.4 Å². The van der Waals surface area contributed by atoms with Crippen molar-refractivity contribution in [1.82, 2.24) is 9.62 Å². The number of sulfonamides is 1. The molecule has 2 amide bonds. The molecule has 0 saturated carbocycles. The van der Waals surface area contributed by atoms with E-state index < -0.39 is 38.6 Å². The van der Waals surface area contributed by atoms with E-state index in [2.05, 4.69) is 10.0 Å². The summed E-state index contributed by atoms with van der Waals surface area (Å²) in [6.07, 6.45) is 4.26. The molecule has 0 aromatic heterocycles. The average Bonchev–Trinajstić information content (AvgIpc) is 3.07. The van der Waals surface area contributed by atoms with Crippen molar-refractivity contribution in [2.45, 2.75) is 50.5 Å². The standard InChI is InChI=1S/C24H30FN3O4S/c1-17(2)22(27-33(31,32)21-10-6-5-9-20(21)25)23(29)26-19-13-11-18(12-14-19)24(30)28-15-7-3-4-8-16-28/h5-6,9-14,17,22,27H,3-4,7-8,15-16H2,1-2H3,(H,26,29)/t22-/m0/s1. The predicted octanol–water partition coefficient (Wildman–Crippen LogP) is 3.78. The SMILES string of the molecule is CC(C)[C@H](NS(=O)(=O)c1ccccc1F)C(=O)Nc1ccc(C(=O)N2CCCCCC2)cc1. The van der Waals surface area contributed by atoms with Crippen molar-refractivity contribution >= 4 is 27.5 Å². The molecule has 0 radical (unpaired) electrons. The van der Waals surface area contributed by atoms with Crippen LogP contribution in [0.2, 0.25) is 0 Å². The summed E-state index contributed by atoms with van der Waals surface area (Å²) in [6, 6.07) is 10.4. The van der Waals surface area contributed by atoms with Crippen LogP contribution in [0.4, 0.5) is 10.1 Å². The Morgan fingerprint density at radius 3 is 2.12 bits per heavy atom. The van der Waals surface area contributed by atoms with Crippen molar-refractivity contribution < 1.29 is 22.4 Å². The van der Waals surface area contributed by atoms with Crippen molar-refractivity contribution in [3.63, 3.8) is 0 Å². The summed E-state index contributed by atoms with van der Waals surface area (Å²) in [6.45, 7) is 4.87. The molecule has 178 valence electrons. The fourth-order valence-electron chi connectivity index (χ4n) is 3.76. The Balaban J connectivity index is 1.69. The molecule has 1 atom stereocenters. The number of benzene rings is 2. The summed E-state index contributed by atoms with van der Waals surface area (Å²) in [5, 5.41) is 2.68. The monoisotopic (exact) mass is 475 g/mol. The first-order valence-corrected chi connectivity index (χ1v) is 12.6. The molecule has 3 rings (SSSR count). The zero-order valence-corrected chi connectivity index (χ0v) is 19.7. The van der Waals surface area contributed by atoms with Gasteiger partial charge in [-0.3, -0.25) is 9.59 Å². The van der Waals surface area contributed by atoms with E-state index in [1.54, 1.807) is 38.1 Å². The van der Waals surface area contributed by atoms with Gasteiger partial charge >= 0.3 is 0 Å². The van der Waals surface area contributed by atoms with Gasteiger partial charge in [0.2, 0.25) is 15.9 Å². The third-order valence-electron chi connectivity index (χ3n) is 5.65. The van der Waals surface area contributed by atoms with Gasteiger partial charge < -0.3 is 10.2 Å². The summed E-state index contributed by atoms with van der Waals surface area (Å²) in [4.78, 5) is 26.9. The molecule has 7 nitrogen and oxygen atoms in total. The number of rotatable bonds is 7. The largest absolute Gasteiger partial charge is 0.339 e. The molecule has 1 aliphatic rings. The van der Waals surface area contributed by atoms with Crippen molar-refractivity contribution in [2.24, 2.45) is 5.92 Å². The van der Waals surface area contributed by atoms with Gasteiger partial charge in [-0.25, -0.2) is 12.8 Å². The number of nitrogens with one attached hydrogen (secondary N) is 2. The normalized spacial score (nSPS) is 15.7. The van der Waals surface area contributed by atoms with Gasteiger partial charge in [0.05, 0.1) is 0 Å². The van der Waals surface area contributed by atoms with Crippen LogP contribution in [0.3, 0.4) is 0 Å². The molecule has 0 unspecified atom stereocenters. The molecule has 2 aromatic rings. The summed E-state index contributed by atoms with van der Waals surface area (Å²) in [5.41, 5.74) is 0.971. The van der Waals surface area contributed by atoms with Gasteiger partial charge in [-0.05, 0) is 55.2 Å². The van der Waals surface area contributed by atoms with Gasteiger partial charge in [0.1, 0.15) is 16.8 Å². The van der Waals surface area contributed by atoms with Crippen molar-refractivity contribution in [2.75, 3.05) is 18.4 Å². The molecule has 9 heteroatoms. The maximum absolute atomic E-state index is 14.0. The molecule has 0 aliphatic carbocycles. The van der Waals surface area contributed by atoms with Gasteiger partial charge in [0, 0.05) is 24.3 Å². The fraction of sp³-hybridized carbons (Fsp3) is 0.417. The van der Waals surface area contributed by atoms with Gasteiger partial charge in [0.15, 0.2) is 0 Å². The van der Waals surface area contributed by atoms with E-state index in [-0.39, 0.29) is 5.91 Å². The Labute approximate surface area is 194 Å². The van der Waals surface area contributed by atoms with Crippen molar-refractivity contribution in [1.29, 1.82) is 0 Å². The number of amides is 2. The Morgan fingerprint density at radius 1 is 0.939 bits per heavy atom. The smallest absolute Gasteiger partial charge is 0.253 e. The first-order chi connectivity index (χ1) is 15.7. The highest BCUT2D eigenvalue weighted by Crippen LogP contribution is 2.18. The highest BCUT2D eigenvalue weighted by atomic mass is 32.2. The van der Waals surface area contributed by atoms with Crippen LogP contribution in [-0.4, -0.2) is 44.3 Å². The first-order valence-electron chi connectivity index (χ1n) is 11.2.